The van der Waals surface area contributed by atoms with E-state index in [1.807, 2.05) is 0 Å². The molecular formula is C6H12N6. The number of hydrogen-bond acceptors (Lipinski definition) is 5. The lowest BCUT2D eigenvalue weighted by Gasteiger charge is -2.26. The van der Waals surface area contributed by atoms with Crippen LogP contribution in [0.25, 0.3) is 0 Å². The molecule has 2 rings (SSSR count). The average molecular weight is 168 g/mol. The van der Waals surface area contributed by atoms with Crippen LogP contribution in [0.2, 0.25) is 0 Å². The topological polar surface area (TPSA) is 94.8 Å². The van der Waals surface area contributed by atoms with Gasteiger partial charge in [-0.15, -0.1) is 10.2 Å². The van der Waals surface area contributed by atoms with Crippen molar-refractivity contribution >= 4 is 5.95 Å². The summed E-state index contributed by atoms with van der Waals surface area (Å²) in [4.78, 5) is 0. The van der Waals surface area contributed by atoms with Crippen molar-refractivity contribution in [1.29, 1.82) is 0 Å². The highest BCUT2D eigenvalue weighted by Crippen LogP contribution is 2.10. The molecule has 6 heteroatoms. The molecule has 12 heavy (non-hydrogen) atoms. The van der Waals surface area contributed by atoms with Gasteiger partial charge in [0.25, 0.3) is 0 Å². The van der Waals surface area contributed by atoms with E-state index in [-0.39, 0.29) is 5.95 Å². The molecule has 0 unspecified atom stereocenters. The lowest BCUT2D eigenvalue weighted by molar-refractivity contribution is 0.339. The number of anilines is 1. The Kier molecular flexibility index (Phi) is 1.61. The first-order chi connectivity index (χ1) is 5.77. The molecule has 0 amide bonds. The molecule has 1 aromatic heterocycles. The highest BCUT2D eigenvalue weighted by Gasteiger charge is 2.20. The molecule has 1 aromatic rings. The molecule has 1 saturated heterocycles. The van der Waals surface area contributed by atoms with Crippen LogP contribution in [-0.4, -0.2) is 28.0 Å². The van der Waals surface area contributed by atoms with Crippen LogP contribution < -0.4 is 16.9 Å². The number of nitrogens with one attached hydrogen (secondary N) is 1. The minimum absolute atomic E-state index is 0.275. The first-order valence-corrected chi connectivity index (χ1v) is 3.93. The zero-order valence-corrected chi connectivity index (χ0v) is 6.70. The van der Waals surface area contributed by atoms with Gasteiger partial charge in [-0.3, -0.25) is 0 Å². The molecule has 0 radical (unpaired) electrons. The van der Waals surface area contributed by atoms with Gasteiger partial charge in [0.1, 0.15) is 0 Å². The van der Waals surface area contributed by atoms with Crippen LogP contribution >= 0.6 is 0 Å². The molecule has 0 atom stereocenters. The fourth-order valence-corrected chi connectivity index (χ4v) is 1.23. The van der Waals surface area contributed by atoms with Crippen LogP contribution in [0.5, 0.6) is 0 Å². The zero-order chi connectivity index (χ0) is 8.55. The number of nitrogen functional groups attached to an aromatic ring is 2. The van der Waals surface area contributed by atoms with Crippen LogP contribution in [-0.2, 0) is 6.42 Å². The molecule has 0 saturated carbocycles. The van der Waals surface area contributed by atoms with Gasteiger partial charge in [0, 0.05) is 6.42 Å². The van der Waals surface area contributed by atoms with E-state index in [1.165, 1.54) is 4.68 Å². The van der Waals surface area contributed by atoms with Gasteiger partial charge >= 0.3 is 0 Å². The van der Waals surface area contributed by atoms with Crippen molar-refractivity contribution in [2.24, 2.45) is 5.92 Å². The molecule has 0 spiro atoms. The van der Waals surface area contributed by atoms with E-state index in [9.17, 15) is 0 Å². The Balaban J connectivity index is 2.06. The van der Waals surface area contributed by atoms with Crippen molar-refractivity contribution in [3.8, 4) is 0 Å². The van der Waals surface area contributed by atoms with E-state index >= 15 is 0 Å². The normalized spacial score (nSPS) is 17.7. The molecule has 2 heterocycles. The summed E-state index contributed by atoms with van der Waals surface area (Å²) >= 11 is 0. The quantitative estimate of drug-likeness (QED) is 0.459. The maximum Gasteiger partial charge on any atom is 0.240 e. The van der Waals surface area contributed by atoms with Gasteiger partial charge in [-0.2, -0.15) is 0 Å². The van der Waals surface area contributed by atoms with E-state index in [0.29, 0.717) is 5.92 Å². The van der Waals surface area contributed by atoms with E-state index in [2.05, 4.69) is 15.5 Å². The number of nitrogens with two attached hydrogens (primary N) is 2. The van der Waals surface area contributed by atoms with E-state index in [0.717, 1.165) is 25.3 Å². The molecule has 0 aliphatic carbocycles. The van der Waals surface area contributed by atoms with Crippen LogP contribution in [0, 0.1) is 5.92 Å². The molecule has 0 aromatic carbocycles. The monoisotopic (exact) mass is 168 g/mol. The van der Waals surface area contributed by atoms with Crippen molar-refractivity contribution in [2.75, 3.05) is 24.7 Å². The number of hydrogen-bond donors (Lipinski definition) is 3. The summed E-state index contributed by atoms with van der Waals surface area (Å²) in [5.74, 6) is 7.25. The Hall–Kier alpha value is -1.30. The van der Waals surface area contributed by atoms with Gasteiger partial charge in [-0.1, -0.05) is 0 Å². The SMILES string of the molecule is Nc1nnc(CC2CNC2)n1N. The van der Waals surface area contributed by atoms with Crippen molar-refractivity contribution in [3.63, 3.8) is 0 Å². The van der Waals surface area contributed by atoms with Gasteiger partial charge in [-0.25, -0.2) is 4.68 Å². The second kappa shape index (κ2) is 2.63. The number of aromatic nitrogens is 3. The Bertz CT molecular complexity index is 276. The van der Waals surface area contributed by atoms with E-state index in [1.54, 1.807) is 0 Å². The van der Waals surface area contributed by atoms with Crippen molar-refractivity contribution < 1.29 is 0 Å². The summed E-state index contributed by atoms with van der Waals surface area (Å²) in [6.45, 7) is 2.07. The fraction of sp³-hybridized carbons (Fsp3) is 0.667. The smallest absolute Gasteiger partial charge is 0.240 e. The molecule has 66 valence electrons. The van der Waals surface area contributed by atoms with Gasteiger partial charge in [0.05, 0.1) is 0 Å². The Labute approximate surface area is 69.9 Å². The lowest BCUT2D eigenvalue weighted by Crippen LogP contribution is -2.43. The van der Waals surface area contributed by atoms with Gasteiger partial charge in [0.15, 0.2) is 5.82 Å². The molecule has 1 fully saturated rings. The van der Waals surface area contributed by atoms with Gasteiger partial charge in [0.2, 0.25) is 5.95 Å². The molecule has 0 bridgehead atoms. The molecule has 5 N–H and O–H groups in total. The van der Waals surface area contributed by atoms with Crippen molar-refractivity contribution in [1.82, 2.24) is 20.2 Å². The van der Waals surface area contributed by atoms with Crippen LogP contribution in [0.4, 0.5) is 5.95 Å². The number of rotatable bonds is 2. The number of nitrogens with zero attached hydrogens (tertiary/aromatic N) is 3. The minimum Gasteiger partial charge on any atom is -0.366 e. The summed E-state index contributed by atoms with van der Waals surface area (Å²) < 4.78 is 1.35. The predicted octanol–water partition coefficient (Wildman–Crippen LogP) is -1.66. The van der Waals surface area contributed by atoms with Crippen LogP contribution in [0.1, 0.15) is 5.82 Å². The maximum atomic E-state index is 5.58. The standard InChI is InChI=1S/C6H12N6/c7-6-11-10-5(12(6)8)1-4-2-9-3-4/h4,9H,1-3,8H2,(H2,7,11). The predicted molar refractivity (Wildman–Crippen MR) is 44.6 cm³/mol. The zero-order valence-electron chi connectivity index (χ0n) is 6.70. The summed E-state index contributed by atoms with van der Waals surface area (Å²) in [5, 5.41) is 10.7. The second-order valence-corrected chi connectivity index (χ2v) is 3.07. The van der Waals surface area contributed by atoms with Gasteiger partial charge in [-0.05, 0) is 19.0 Å². The van der Waals surface area contributed by atoms with E-state index < -0.39 is 0 Å². The van der Waals surface area contributed by atoms with Crippen LogP contribution in [0.3, 0.4) is 0 Å². The van der Waals surface area contributed by atoms with E-state index in [4.69, 9.17) is 11.6 Å². The minimum atomic E-state index is 0.275. The molecule has 1 aliphatic rings. The first-order valence-electron chi connectivity index (χ1n) is 3.93. The summed E-state index contributed by atoms with van der Waals surface area (Å²) in [6.07, 6.45) is 0.855. The van der Waals surface area contributed by atoms with Crippen molar-refractivity contribution in [3.05, 3.63) is 5.82 Å². The summed E-state index contributed by atoms with van der Waals surface area (Å²) in [5.41, 5.74) is 5.42. The lowest BCUT2D eigenvalue weighted by atomic mass is 9.99. The Morgan fingerprint density at radius 3 is 2.67 bits per heavy atom. The third kappa shape index (κ3) is 1.10. The molecule has 6 nitrogen and oxygen atoms in total. The van der Waals surface area contributed by atoms with Crippen molar-refractivity contribution in [2.45, 2.75) is 6.42 Å². The Morgan fingerprint density at radius 1 is 1.50 bits per heavy atom. The highest BCUT2D eigenvalue weighted by atomic mass is 15.4. The summed E-state index contributed by atoms with van der Waals surface area (Å²) in [6, 6.07) is 0. The molecule has 1 aliphatic heterocycles. The second-order valence-electron chi connectivity index (χ2n) is 3.07. The third-order valence-electron chi connectivity index (χ3n) is 2.13. The largest absolute Gasteiger partial charge is 0.366 e. The van der Waals surface area contributed by atoms with Gasteiger partial charge < -0.3 is 16.9 Å². The van der Waals surface area contributed by atoms with Crippen LogP contribution in [0.15, 0.2) is 0 Å². The fourth-order valence-electron chi connectivity index (χ4n) is 1.23. The summed E-state index contributed by atoms with van der Waals surface area (Å²) in [7, 11) is 0. The highest BCUT2D eigenvalue weighted by molar-refractivity contribution is 5.17. The Morgan fingerprint density at radius 2 is 2.25 bits per heavy atom. The maximum absolute atomic E-state index is 5.58. The average Bonchev–Trinajstić information content (AvgIpc) is 2.27. The molecular weight excluding hydrogens is 156 g/mol. The third-order valence-corrected chi connectivity index (χ3v) is 2.13. The first kappa shape index (κ1) is 7.35.